The van der Waals surface area contributed by atoms with E-state index in [1.165, 1.54) is 0 Å². The minimum absolute atomic E-state index is 0. The van der Waals surface area contributed by atoms with Gasteiger partial charge in [0.25, 0.3) is 0 Å². The molecule has 5 aromatic rings. The molecule has 4 aromatic heterocycles. The average Bonchev–Trinajstić information content (AvgIpc) is 3.97. The van der Waals surface area contributed by atoms with Crippen molar-refractivity contribution >= 4 is 24.9 Å². The Morgan fingerprint density at radius 1 is 0.389 bits per heavy atom. The zero-order chi connectivity index (χ0) is 51.0. The molecule has 18 N–H and O–H groups in total. The molecule has 418 valence electrons. The van der Waals surface area contributed by atoms with Crippen LogP contribution in [0.3, 0.4) is 0 Å². The van der Waals surface area contributed by atoms with E-state index in [9.17, 15) is 10.2 Å². The average molecular weight is 1220 g/mol. The molecule has 1 aromatic carbocycles. The molecule has 0 atom stereocenters. The first-order valence-corrected chi connectivity index (χ1v) is 22.1. The van der Waals surface area contributed by atoms with E-state index < -0.39 is 53.2 Å². The van der Waals surface area contributed by atoms with E-state index in [4.69, 9.17) is 74.5 Å². The van der Waals surface area contributed by atoms with E-state index in [1.54, 1.807) is 24.9 Å². The van der Waals surface area contributed by atoms with Crippen molar-refractivity contribution in [2.45, 2.75) is 39.9 Å². The number of rotatable bonds is 12. The zero-order valence-corrected chi connectivity index (χ0v) is 42.5. The Morgan fingerprint density at radius 3 is 0.639 bits per heavy atom. The van der Waals surface area contributed by atoms with Gasteiger partial charge in [-0.3, -0.25) is 40.4 Å². The summed E-state index contributed by atoms with van der Waals surface area (Å²) in [5.41, 5.74) is 6.93. The molecular formula is C32H54Cl4N12Ni2O22+4. The van der Waals surface area contributed by atoms with E-state index >= 15 is 0 Å². The van der Waals surface area contributed by atoms with Crippen LogP contribution in [-0.4, -0.2) is 114 Å². The smallest absolute Gasteiger partial charge is 0.457 e. The number of aliphatic hydroxyl groups is 2. The van der Waals surface area contributed by atoms with Crippen LogP contribution in [-0.2, 0) is 54.9 Å². The fourth-order valence-corrected chi connectivity index (χ4v) is 3.59. The van der Waals surface area contributed by atoms with Gasteiger partial charge in [0, 0.05) is 47.6 Å². The van der Waals surface area contributed by atoms with Crippen LogP contribution in [0.2, 0.25) is 0 Å². The number of aromatic amines is 4. The van der Waals surface area contributed by atoms with E-state index in [0.29, 0.717) is 26.2 Å². The Bertz CT molecular complexity index is 1790. The molecule has 0 aliphatic heterocycles. The van der Waals surface area contributed by atoms with Crippen LogP contribution in [0.15, 0.2) is 80.6 Å². The molecule has 0 unspecified atom stereocenters. The van der Waals surface area contributed by atoms with E-state index in [0.717, 1.165) is 45.6 Å². The summed E-state index contributed by atoms with van der Waals surface area (Å²) < 4.78 is 136. The third-order valence-electron chi connectivity index (χ3n) is 5.73. The number of nitrogens with one attached hydrogen (secondary N) is 4. The molecule has 0 bridgehead atoms. The second-order valence-corrected chi connectivity index (χ2v) is 14.9. The maximum Gasteiger partial charge on any atom is 2.00 e. The SMILES string of the molecule is Cc1cc(C=NCC(O)CN=Cc2cc(C)[nH]n2)n[nH]1.Cc1cc(C=NCC(O)CN=Cc2cc(C)[nH]n2)n[nH]1.[Ni+2].[Ni+2].[O-][Cl+3]([O-])([O-])[O-].[O-][Cl+3]([O-])([O-])[O-].[O-][Cl+3]([O-])([O-])[O-].[O-][Cl+3]([O-])([O-])[O-].[OH3+].[OH3+].[OH3+].[OH3+].c1ccccc1. The summed E-state index contributed by atoms with van der Waals surface area (Å²) in [7, 11) is -19.8. The van der Waals surface area contributed by atoms with Crippen molar-refractivity contribution in [3.8, 4) is 0 Å². The van der Waals surface area contributed by atoms with Crippen LogP contribution >= 0.6 is 0 Å². The summed E-state index contributed by atoms with van der Waals surface area (Å²) in [6, 6.07) is 19.5. The molecule has 4 heterocycles. The van der Waals surface area contributed by atoms with E-state index in [1.807, 2.05) is 88.4 Å². The molecule has 40 heteroatoms. The van der Waals surface area contributed by atoms with Crippen LogP contribution in [0.1, 0.15) is 45.6 Å². The van der Waals surface area contributed by atoms with Gasteiger partial charge in [-0.15, -0.1) is 41.0 Å². The van der Waals surface area contributed by atoms with Crippen molar-refractivity contribution in [3.05, 3.63) is 106 Å². The number of aryl methyl sites for hydroxylation is 4. The molecule has 0 spiro atoms. The molecule has 0 saturated carbocycles. The van der Waals surface area contributed by atoms with Crippen molar-refractivity contribution in [2.24, 2.45) is 20.0 Å². The Kier molecular flexibility index (Phi) is 53.7. The number of aliphatic imine (C=N–C) groups is 4. The summed E-state index contributed by atoms with van der Waals surface area (Å²) >= 11 is 0. The summed E-state index contributed by atoms with van der Waals surface area (Å²) in [4.78, 5) is 16.5. The molecule has 0 amide bonds. The van der Waals surface area contributed by atoms with Crippen molar-refractivity contribution in [1.82, 2.24) is 40.8 Å². The van der Waals surface area contributed by atoms with E-state index in [2.05, 4.69) is 60.8 Å². The van der Waals surface area contributed by atoms with Crippen molar-refractivity contribution in [1.29, 1.82) is 0 Å². The second-order valence-electron chi connectivity index (χ2n) is 11.9. The van der Waals surface area contributed by atoms with Gasteiger partial charge in [-0.2, -0.15) is 20.4 Å². The van der Waals surface area contributed by atoms with Crippen molar-refractivity contribution in [2.75, 3.05) is 26.2 Å². The first-order valence-electron chi connectivity index (χ1n) is 17.2. The van der Waals surface area contributed by atoms with Crippen LogP contribution in [0.4, 0.5) is 0 Å². The third kappa shape index (κ3) is 72.5. The molecule has 0 aliphatic carbocycles. The number of hydrogen-bond donors (Lipinski definition) is 6. The predicted molar refractivity (Wildman–Crippen MR) is 201 cm³/mol. The number of nitrogens with zero attached hydrogens (tertiary/aromatic N) is 8. The Hall–Kier alpha value is -3.99. The summed E-state index contributed by atoms with van der Waals surface area (Å²) in [5, 5.41) is 46.8. The van der Waals surface area contributed by atoms with Gasteiger partial charge >= 0.3 is 33.0 Å². The Morgan fingerprint density at radius 2 is 0.528 bits per heavy atom. The van der Waals surface area contributed by atoms with Gasteiger partial charge in [0.05, 0.1) is 38.4 Å². The maximum atomic E-state index is 9.73. The number of aromatic nitrogens is 8. The number of benzene rings is 1. The van der Waals surface area contributed by atoms with Gasteiger partial charge < -0.3 is 32.1 Å². The normalized spacial score (nSPS) is 11.5. The van der Waals surface area contributed by atoms with Crippen molar-refractivity contribution < 1.29 is 181 Å². The van der Waals surface area contributed by atoms with Crippen molar-refractivity contribution in [3.63, 3.8) is 0 Å². The van der Waals surface area contributed by atoms with Gasteiger partial charge in [-0.05, 0) is 52.0 Å². The van der Waals surface area contributed by atoms with Crippen LogP contribution in [0, 0.1) is 68.7 Å². The number of hydrogen-bond acceptors (Lipinski definition) is 26. The third-order valence-corrected chi connectivity index (χ3v) is 5.73. The molecule has 0 aliphatic rings. The maximum absolute atomic E-state index is 9.73. The number of halogens is 4. The molecule has 0 radical (unpaired) electrons. The van der Waals surface area contributed by atoms with E-state index in [-0.39, 0.29) is 54.9 Å². The zero-order valence-electron chi connectivity index (χ0n) is 37.5. The number of H-pyrrole nitrogens is 4. The Labute approximate surface area is 436 Å². The molecule has 0 fully saturated rings. The fourth-order valence-electron chi connectivity index (χ4n) is 3.59. The largest absolute Gasteiger partial charge is 2.00 e. The molecule has 72 heavy (non-hydrogen) atoms. The molecule has 34 nitrogen and oxygen atoms in total. The van der Waals surface area contributed by atoms with Gasteiger partial charge in [0.1, 0.15) is 22.8 Å². The topological polar surface area (TPSA) is 706 Å². The standard InChI is InChI=1S/2C13H18N6O.C6H6.4ClHO4.2Ni.4H2O/c2*1-9-3-11(18-16-9)5-14-7-13(20)8-15-6-12-4-10(2)17-19-12;1-2-4-6-5-3-1;4*2-1(3,4)5;;;;;;/h2*3-6,13,20H,7-8H2,1-2H3,(H,16,18)(H,17,19);1-6H;4*(H,2,3,4,5);;;4*1H2/q;;;;;;;2*+2;;;;. The van der Waals surface area contributed by atoms with Gasteiger partial charge in [0.15, 0.2) is 0 Å². The quantitative estimate of drug-likeness (QED) is 0.0384. The summed E-state index contributed by atoms with van der Waals surface area (Å²) in [6.07, 6.45) is 5.31. The summed E-state index contributed by atoms with van der Waals surface area (Å²) in [5.74, 6) is 0. The first kappa shape index (κ1) is 84.8. The van der Waals surface area contributed by atoms with Gasteiger partial charge in [-0.1, -0.05) is 36.4 Å². The predicted octanol–water partition coefficient (Wildman–Crippen LogP) is -19.7. The van der Waals surface area contributed by atoms with Crippen LogP contribution in [0.5, 0.6) is 0 Å². The molecular weight excluding hydrogens is 1160 g/mol. The number of aliphatic hydroxyl groups excluding tert-OH is 2. The van der Waals surface area contributed by atoms with Gasteiger partial charge in [0.2, 0.25) is 0 Å². The van der Waals surface area contributed by atoms with Gasteiger partial charge in [-0.25, -0.2) is 74.5 Å². The second kappa shape index (κ2) is 45.6. The monoisotopic (exact) mass is 1210 g/mol. The minimum atomic E-state index is -4.94. The molecule has 5 rings (SSSR count). The minimum Gasteiger partial charge on any atom is -0.457 e. The first-order chi connectivity index (χ1) is 30.3. The Balaban J connectivity index is -0.000000121. The van der Waals surface area contributed by atoms with Crippen LogP contribution in [0.25, 0.3) is 0 Å². The fraction of sp³-hybridized carbons (Fsp3) is 0.312. The molecule has 0 saturated heterocycles. The summed E-state index contributed by atoms with van der Waals surface area (Å²) in [6.45, 7) is 8.86. The van der Waals surface area contributed by atoms with Crippen LogP contribution < -0.4 is 74.5 Å².